The van der Waals surface area contributed by atoms with Crippen LogP contribution in [0.25, 0.3) is 0 Å². The molecular formula is C20H21F7N8O2S. The second-order valence-electron chi connectivity index (χ2n) is 7.95. The maximum Gasteiger partial charge on any atom is 0.417 e. The van der Waals surface area contributed by atoms with Gasteiger partial charge in [0.1, 0.15) is 16.9 Å². The summed E-state index contributed by atoms with van der Waals surface area (Å²) in [7, 11) is 0. The van der Waals surface area contributed by atoms with Crippen molar-refractivity contribution in [3.63, 3.8) is 0 Å². The highest BCUT2D eigenvalue weighted by Gasteiger charge is 2.31. The Morgan fingerprint density at radius 1 is 1.08 bits per heavy atom. The van der Waals surface area contributed by atoms with Crippen molar-refractivity contribution in [3.05, 3.63) is 51.5 Å². The molecule has 0 saturated heterocycles. The number of nitrogens with zero attached hydrogens (tertiary/aromatic N) is 4. The smallest absolute Gasteiger partial charge is 0.350 e. The molecule has 38 heavy (non-hydrogen) atoms. The Balaban J connectivity index is 1.41. The van der Waals surface area contributed by atoms with E-state index in [-0.39, 0.29) is 42.2 Å². The van der Waals surface area contributed by atoms with Crippen LogP contribution >= 0.6 is 11.3 Å². The molecule has 2 aromatic heterocycles. The zero-order chi connectivity index (χ0) is 27.9. The Labute approximate surface area is 214 Å². The van der Waals surface area contributed by atoms with Crippen molar-refractivity contribution in [2.24, 2.45) is 0 Å². The molecule has 1 aliphatic rings. The molecular weight excluding hydrogens is 549 g/mol. The van der Waals surface area contributed by atoms with Crippen LogP contribution in [-0.2, 0) is 23.9 Å². The fourth-order valence-electron chi connectivity index (χ4n) is 3.01. The normalized spacial score (nSPS) is 14.6. The quantitative estimate of drug-likeness (QED) is 0.304. The number of rotatable bonds is 11. The minimum absolute atomic E-state index is 0.0225. The van der Waals surface area contributed by atoms with Crippen LogP contribution in [0.2, 0.25) is 0 Å². The molecule has 1 unspecified atom stereocenters. The first-order chi connectivity index (χ1) is 17.8. The van der Waals surface area contributed by atoms with Crippen LogP contribution in [0.3, 0.4) is 0 Å². The number of aromatic nitrogens is 3. The monoisotopic (exact) mass is 570 g/mol. The van der Waals surface area contributed by atoms with Gasteiger partial charge in [-0.2, -0.15) is 26.3 Å². The predicted molar refractivity (Wildman–Crippen MR) is 118 cm³/mol. The number of carbonyl (C=O) groups is 2. The summed E-state index contributed by atoms with van der Waals surface area (Å²) in [6.07, 6.45) is -8.40. The number of hydrogen-bond donors (Lipinski definition) is 4. The first-order valence-electron chi connectivity index (χ1n) is 10.9. The Morgan fingerprint density at radius 2 is 1.84 bits per heavy atom. The number of nitrogens with one attached hydrogen (secondary N) is 4. The number of pyridine rings is 1. The Bertz CT molecular complexity index is 1150. The van der Waals surface area contributed by atoms with E-state index in [0.717, 1.165) is 17.4 Å². The molecule has 0 radical (unpaired) electrons. The highest BCUT2D eigenvalue weighted by molar-refractivity contribution is 7.13. The van der Waals surface area contributed by atoms with E-state index in [1.807, 2.05) is 0 Å². The maximum absolute atomic E-state index is 14.4. The standard InChI is InChI=1S/C20H21F7N8O2S/c21-13(9-35-10-14(31-34-35)16(36)29-4-3-19(22,23)24)1-2-15-32-33-18(38-15)17(37)30-7-11-5-12(8-28-6-11)20(25,26)27/h5-6,8,10,13,31,34H,1-4,7,9H2,(H,29,36)(H,30,37). The highest BCUT2D eigenvalue weighted by atomic mass is 32.1. The van der Waals surface area contributed by atoms with Crippen LogP contribution in [0.5, 0.6) is 0 Å². The second kappa shape index (κ2) is 12.3. The lowest BCUT2D eigenvalue weighted by molar-refractivity contribution is -0.138. The molecule has 0 saturated carbocycles. The van der Waals surface area contributed by atoms with E-state index in [1.165, 1.54) is 17.4 Å². The third-order valence-electron chi connectivity index (χ3n) is 4.86. The molecule has 3 heterocycles. The number of halogens is 7. The van der Waals surface area contributed by atoms with Crippen LogP contribution in [-0.4, -0.2) is 57.4 Å². The van der Waals surface area contributed by atoms with Crippen molar-refractivity contribution in [3.8, 4) is 0 Å². The fourth-order valence-corrected chi connectivity index (χ4v) is 3.78. The van der Waals surface area contributed by atoms with Gasteiger partial charge in [-0.15, -0.1) is 15.7 Å². The molecule has 3 rings (SSSR count). The predicted octanol–water partition coefficient (Wildman–Crippen LogP) is 2.39. The van der Waals surface area contributed by atoms with Crippen LogP contribution in [0.15, 0.2) is 30.4 Å². The summed E-state index contributed by atoms with van der Waals surface area (Å²) in [5, 5.41) is 13.6. The van der Waals surface area contributed by atoms with Gasteiger partial charge in [0.15, 0.2) is 0 Å². The molecule has 2 amide bonds. The van der Waals surface area contributed by atoms with E-state index < -0.39 is 48.9 Å². The molecule has 0 bridgehead atoms. The van der Waals surface area contributed by atoms with Gasteiger partial charge < -0.3 is 10.6 Å². The summed E-state index contributed by atoms with van der Waals surface area (Å²) in [6.45, 7) is -1.02. The molecule has 1 atom stereocenters. The van der Waals surface area contributed by atoms with Crippen molar-refractivity contribution in [1.82, 2.24) is 41.8 Å². The van der Waals surface area contributed by atoms with Crippen molar-refractivity contribution < 1.29 is 40.3 Å². The van der Waals surface area contributed by atoms with Gasteiger partial charge in [0.05, 0.1) is 18.5 Å². The molecule has 4 N–H and O–H groups in total. The van der Waals surface area contributed by atoms with Gasteiger partial charge in [0.25, 0.3) is 11.8 Å². The van der Waals surface area contributed by atoms with Gasteiger partial charge in [-0.1, -0.05) is 11.3 Å². The van der Waals surface area contributed by atoms with E-state index in [1.54, 1.807) is 0 Å². The topological polar surface area (TPSA) is 124 Å². The van der Waals surface area contributed by atoms with Crippen LogP contribution in [0.4, 0.5) is 30.7 Å². The van der Waals surface area contributed by atoms with Crippen molar-refractivity contribution in [2.75, 3.05) is 13.1 Å². The van der Waals surface area contributed by atoms with Gasteiger partial charge in [-0.05, 0) is 18.1 Å². The van der Waals surface area contributed by atoms with Crippen LogP contribution < -0.4 is 21.6 Å². The summed E-state index contributed by atoms with van der Waals surface area (Å²) in [5.41, 5.74) is 4.05. The van der Waals surface area contributed by atoms with Gasteiger partial charge >= 0.3 is 12.4 Å². The average Bonchev–Trinajstić information content (AvgIpc) is 3.50. The summed E-state index contributed by atoms with van der Waals surface area (Å²) in [6, 6.07) is 0.865. The number of carbonyl (C=O) groups excluding carboxylic acids is 2. The van der Waals surface area contributed by atoms with Crippen molar-refractivity contribution in [1.29, 1.82) is 0 Å². The Kier molecular flexibility index (Phi) is 9.42. The van der Waals surface area contributed by atoms with Gasteiger partial charge in [0, 0.05) is 38.1 Å². The molecule has 0 aromatic carbocycles. The average molecular weight is 570 g/mol. The number of hydrazine groups is 2. The number of amides is 2. The zero-order valence-corrected chi connectivity index (χ0v) is 20.1. The summed E-state index contributed by atoms with van der Waals surface area (Å²) >= 11 is 0.899. The lowest BCUT2D eigenvalue weighted by Gasteiger charge is -2.17. The minimum Gasteiger partial charge on any atom is -0.350 e. The largest absolute Gasteiger partial charge is 0.417 e. The van der Waals surface area contributed by atoms with E-state index in [0.29, 0.717) is 11.2 Å². The Hall–Kier alpha value is -3.54. The van der Waals surface area contributed by atoms with E-state index in [4.69, 9.17) is 0 Å². The Morgan fingerprint density at radius 3 is 2.55 bits per heavy atom. The summed E-state index contributed by atoms with van der Waals surface area (Å²) in [5.74, 6) is -1.45. The van der Waals surface area contributed by atoms with E-state index >= 15 is 0 Å². The maximum atomic E-state index is 14.4. The fraction of sp³-hybridized carbons (Fsp3) is 0.450. The number of alkyl halides is 7. The summed E-state index contributed by atoms with van der Waals surface area (Å²) in [4.78, 5) is 27.6. The number of hydrogen-bond acceptors (Lipinski definition) is 9. The minimum atomic E-state index is -4.57. The van der Waals surface area contributed by atoms with Gasteiger partial charge in [-0.3, -0.25) is 25.0 Å². The van der Waals surface area contributed by atoms with Crippen molar-refractivity contribution in [2.45, 2.75) is 44.3 Å². The SMILES string of the molecule is O=C(NCCC(F)(F)F)C1=CN(CC(F)CCc2nnc(C(=O)NCc3cncc(C(F)(F)F)c3)s2)NN1. The molecule has 0 spiro atoms. The third kappa shape index (κ3) is 9.09. The van der Waals surface area contributed by atoms with E-state index in [9.17, 15) is 40.3 Å². The van der Waals surface area contributed by atoms with Crippen molar-refractivity contribution >= 4 is 23.2 Å². The van der Waals surface area contributed by atoms with E-state index in [2.05, 4.69) is 36.8 Å². The highest BCUT2D eigenvalue weighted by Crippen LogP contribution is 2.29. The van der Waals surface area contributed by atoms with Crippen LogP contribution in [0.1, 0.15) is 38.8 Å². The first-order valence-corrected chi connectivity index (χ1v) is 11.7. The lowest BCUT2D eigenvalue weighted by Crippen LogP contribution is -2.41. The zero-order valence-electron chi connectivity index (χ0n) is 19.3. The molecule has 2 aromatic rings. The molecule has 10 nitrogen and oxygen atoms in total. The lowest BCUT2D eigenvalue weighted by atomic mass is 10.2. The molecule has 0 fully saturated rings. The second-order valence-corrected chi connectivity index (χ2v) is 9.01. The first kappa shape index (κ1) is 29.0. The molecule has 1 aliphatic heterocycles. The molecule has 208 valence electrons. The molecule has 0 aliphatic carbocycles. The molecule has 18 heteroatoms. The van der Waals surface area contributed by atoms with Crippen LogP contribution in [0, 0.1) is 0 Å². The third-order valence-corrected chi connectivity index (χ3v) is 5.84. The number of aryl methyl sites for hydroxylation is 1. The van der Waals surface area contributed by atoms with Gasteiger partial charge in [0.2, 0.25) is 5.01 Å². The van der Waals surface area contributed by atoms with Gasteiger partial charge in [-0.25, -0.2) is 4.39 Å². The summed E-state index contributed by atoms with van der Waals surface area (Å²) < 4.78 is 89.2.